The average molecular weight is 358 g/mol. The van der Waals surface area contributed by atoms with Gasteiger partial charge in [0.05, 0.1) is 0 Å². The Morgan fingerprint density at radius 3 is 2.38 bits per heavy atom. The smallest absolute Gasteiger partial charge is 0.130 e. The number of nitrogens with one attached hydrogen (secondary N) is 1. The molecule has 0 aliphatic heterocycles. The molecular weight excluding hydrogens is 343 g/mol. The van der Waals surface area contributed by atoms with Crippen LogP contribution < -0.4 is 5.32 Å². The van der Waals surface area contributed by atoms with Crippen molar-refractivity contribution in [2.75, 3.05) is 6.54 Å². The quantitative estimate of drug-likeness (QED) is 0.813. The van der Waals surface area contributed by atoms with Gasteiger partial charge in [-0.05, 0) is 48.9 Å². The molecule has 0 heterocycles. The van der Waals surface area contributed by atoms with Crippen molar-refractivity contribution in [3.8, 4) is 0 Å². The van der Waals surface area contributed by atoms with Crippen LogP contribution >= 0.6 is 15.9 Å². The predicted octanol–water partition coefficient (Wildman–Crippen LogP) is 4.76. The minimum atomic E-state index is -0.603. The van der Waals surface area contributed by atoms with E-state index in [9.17, 15) is 13.2 Å². The fraction of sp³-hybridized carbons (Fsp3) is 0.250. The second-order valence-electron chi connectivity index (χ2n) is 4.69. The molecule has 0 fully saturated rings. The summed E-state index contributed by atoms with van der Waals surface area (Å²) >= 11 is 3.34. The van der Waals surface area contributed by atoms with Crippen LogP contribution in [0.15, 0.2) is 40.9 Å². The molecule has 21 heavy (non-hydrogen) atoms. The van der Waals surface area contributed by atoms with E-state index in [2.05, 4.69) is 21.2 Å². The minimum Gasteiger partial charge on any atom is -0.310 e. The first-order valence-corrected chi connectivity index (χ1v) is 7.43. The van der Waals surface area contributed by atoms with E-state index < -0.39 is 17.7 Å². The summed E-state index contributed by atoms with van der Waals surface area (Å²) in [5.74, 6) is -1.58. The molecule has 2 aromatic carbocycles. The van der Waals surface area contributed by atoms with Gasteiger partial charge in [0.15, 0.2) is 0 Å². The lowest BCUT2D eigenvalue weighted by atomic mass is 9.97. The lowest BCUT2D eigenvalue weighted by Crippen LogP contribution is -2.25. The Morgan fingerprint density at radius 1 is 1.10 bits per heavy atom. The van der Waals surface area contributed by atoms with Crippen molar-refractivity contribution in [1.82, 2.24) is 5.32 Å². The van der Waals surface area contributed by atoms with Gasteiger partial charge in [-0.2, -0.15) is 0 Å². The number of hydrogen-bond donors (Lipinski definition) is 1. The SMILES string of the molecule is CCNC(Cc1cc(F)ccc1Br)c1c(F)cccc1F. The second-order valence-corrected chi connectivity index (χ2v) is 5.54. The van der Waals surface area contributed by atoms with Crippen LogP contribution in [-0.2, 0) is 6.42 Å². The highest BCUT2D eigenvalue weighted by molar-refractivity contribution is 9.10. The Hall–Kier alpha value is -1.33. The zero-order chi connectivity index (χ0) is 15.4. The van der Waals surface area contributed by atoms with Crippen molar-refractivity contribution in [2.45, 2.75) is 19.4 Å². The van der Waals surface area contributed by atoms with Crippen LogP contribution in [-0.4, -0.2) is 6.54 Å². The lowest BCUT2D eigenvalue weighted by Gasteiger charge is -2.20. The Labute approximate surface area is 130 Å². The molecule has 2 aromatic rings. The standard InChI is InChI=1S/C16H15BrF3N/c1-2-21-15(16-13(19)4-3-5-14(16)20)9-10-8-11(18)6-7-12(10)17/h3-8,15,21H,2,9H2,1H3. The number of rotatable bonds is 5. The van der Waals surface area contributed by atoms with Gasteiger partial charge in [-0.25, -0.2) is 13.2 Å². The summed E-state index contributed by atoms with van der Waals surface area (Å²) in [5, 5.41) is 3.05. The first-order chi connectivity index (χ1) is 10.0. The molecule has 1 unspecified atom stereocenters. The molecular formula is C16H15BrF3N. The first kappa shape index (κ1) is 16.0. The number of likely N-dealkylation sites (N-methyl/N-ethyl adjacent to an activating group) is 1. The van der Waals surface area contributed by atoms with Crippen LogP contribution in [0, 0.1) is 17.5 Å². The van der Waals surface area contributed by atoms with Gasteiger partial charge in [0, 0.05) is 16.1 Å². The Bertz CT molecular complexity index is 611. The van der Waals surface area contributed by atoms with Gasteiger partial charge < -0.3 is 5.32 Å². The first-order valence-electron chi connectivity index (χ1n) is 6.64. The number of halogens is 4. The molecule has 112 valence electrons. The topological polar surface area (TPSA) is 12.0 Å². The molecule has 0 aliphatic rings. The van der Waals surface area contributed by atoms with Gasteiger partial charge in [-0.15, -0.1) is 0 Å². The van der Waals surface area contributed by atoms with E-state index in [1.54, 1.807) is 6.07 Å². The normalized spacial score (nSPS) is 12.4. The summed E-state index contributed by atoms with van der Waals surface area (Å²) in [4.78, 5) is 0. The molecule has 1 atom stereocenters. The van der Waals surface area contributed by atoms with Crippen LogP contribution in [0.5, 0.6) is 0 Å². The molecule has 0 aromatic heterocycles. The van der Waals surface area contributed by atoms with Crippen molar-refractivity contribution >= 4 is 15.9 Å². The monoisotopic (exact) mass is 357 g/mol. The summed E-state index contributed by atoms with van der Waals surface area (Å²) in [6, 6.07) is 7.51. The van der Waals surface area contributed by atoms with Crippen molar-refractivity contribution in [2.24, 2.45) is 0 Å². The fourth-order valence-electron chi connectivity index (χ4n) is 2.29. The van der Waals surface area contributed by atoms with E-state index in [0.717, 1.165) is 0 Å². The van der Waals surface area contributed by atoms with Crippen LogP contribution in [0.1, 0.15) is 24.1 Å². The van der Waals surface area contributed by atoms with Gasteiger partial charge in [0.25, 0.3) is 0 Å². The van der Waals surface area contributed by atoms with Gasteiger partial charge >= 0.3 is 0 Å². The van der Waals surface area contributed by atoms with Crippen LogP contribution in [0.25, 0.3) is 0 Å². The third kappa shape index (κ3) is 3.86. The highest BCUT2D eigenvalue weighted by atomic mass is 79.9. The van der Waals surface area contributed by atoms with E-state index >= 15 is 0 Å². The highest BCUT2D eigenvalue weighted by Gasteiger charge is 2.20. The van der Waals surface area contributed by atoms with Crippen molar-refractivity contribution in [3.63, 3.8) is 0 Å². The molecule has 0 saturated carbocycles. The van der Waals surface area contributed by atoms with E-state index in [-0.39, 0.29) is 17.8 Å². The van der Waals surface area contributed by atoms with Gasteiger partial charge in [-0.1, -0.05) is 28.9 Å². The molecule has 2 rings (SSSR count). The van der Waals surface area contributed by atoms with Gasteiger partial charge in [-0.3, -0.25) is 0 Å². The van der Waals surface area contributed by atoms with Crippen molar-refractivity contribution < 1.29 is 13.2 Å². The molecule has 1 N–H and O–H groups in total. The molecule has 5 heteroatoms. The summed E-state index contributed by atoms with van der Waals surface area (Å²) in [6.07, 6.45) is 0.282. The molecule has 0 saturated heterocycles. The van der Waals surface area contributed by atoms with Gasteiger partial charge in [0.1, 0.15) is 17.5 Å². The van der Waals surface area contributed by atoms with Crippen molar-refractivity contribution in [3.05, 3.63) is 69.4 Å². The van der Waals surface area contributed by atoms with Crippen LogP contribution in [0.4, 0.5) is 13.2 Å². The van der Waals surface area contributed by atoms with E-state index in [1.165, 1.54) is 30.3 Å². The predicted molar refractivity (Wildman–Crippen MR) is 80.6 cm³/mol. The zero-order valence-electron chi connectivity index (χ0n) is 11.5. The lowest BCUT2D eigenvalue weighted by molar-refractivity contribution is 0.472. The third-order valence-electron chi connectivity index (χ3n) is 3.23. The Balaban J connectivity index is 2.38. The fourth-order valence-corrected chi connectivity index (χ4v) is 2.69. The van der Waals surface area contributed by atoms with Crippen molar-refractivity contribution in [1.29, 1.82) is 0 Å². The summed E-state index contributed by atoms with van der Waals surface area (Å²) < 4.78 is 41.9. The number of hydrogen-bond acceptors (Lipinski definition) is 1. The number of benzene rings is 2. The largest absolute Gasteiger partial charge is 0.310 e. The molecule has 0 radical (unpaired) electrons. The summed E-state index contributed by atoms with van der Waals surface area (Å²) in [7, 11) is 0. The third-order valence-corrected chi connectivity index (χ3v) is 4.00. The van der Waals surface area contributed by atoms with E-state index in [4.69, 9.17) is 0 Å². The Kier molecular flexibility index (Phi) is 5.42. The molecule has 0 spiro atoms. The molecule has 1 nitrogen and oxygen atoms in total. The van der Waals surface area contributed by atoms with E-state index in [0.29, 0.717) is 16.6 Å². The molecule has 0 aliphatic carbocycles. The maximum Gasteiger partial charge on any atom is 0.130 e. The maximum absolute atomic E-state index is 13.9. The minimum absolute atomic E-state index is 0.0180. The second kappa shape index (κ2) is 7.09. The van der Waals surface area contributed by atoms with E-state index in [1.807, 2.05) is 6.92 Å². The van der Waals surface area contributed by atoms with Gasteiger partial charge in [0.2, 0.25) is 0 Å². The summed E-state index contributed by atoms with van der Waals surface area (Å²) in [6.45, 7) is 2.40. The Morgan fingerprint density at radius 2 is 1.76 bits per heavy atom. The molecule has 0 amide bonds. The highest BCUT2D eigenvalue weighted by Crippen LogP contribution is 2.27. The molecule has 0 bridgehead atoms. The van der Waals surface area contributed by atoms with Crippen LogP contribution in [0.2, 0.25) is 0 Å². The summed E-state index contributed by atoms with van der Waals surface area (Å²) in [5.41, 5.74) is 0.638. The maximum atomic E-state index is 13.9. The van der Waals surface area contributed by atoms with Crippen LogP contribution in [0.3, 0.4) is 0 Å². The average Bonchev–Trinajstić information content (AvgIpc) is 2.43. The zero-order valence-corrected chi connectivity index (χ0v) is 13.1.